The summed E-state index contributed by atoms with van der Waals surface area (Å²) in [7, 11) is 0. The molecule has 1 aromatic rings. The second-order valence-electron chi connectivity index (χ2n) is 6.39. The summed E-state index contributed by atoms with van der Waals surface area (Å²) in [4.78, 5) is 24.8. The maximum absolute atomic E-state index is 12.3. The highest BCUT2D eigenvalue weighted by Crippen LogP contribution is 2.36. The topological polar surface area (TPSA) is 72.7 Å². The van der Waals surface area contributed by atoms with Crippen LogP contribution in [0, 0.1) is 16.0 Å². The first-order valence-corrected chi connectivity index (χ1v) is 8.28. The molecule has 1 heterocycles. The van der Waals surface area contributed by atoms with E-state index in [0.29, 0.717) is 0 Å². The van der Waals surface area contributed by atoms with E-state index in [2.05, 4.69) is 0 Å². The number of nitro groups is 1. The summed E-state index contributed by atoms with van der Waals surface area (Å²) in [5.74, 6) is 0.186. The van der Waals surface area contributed by atoms with E-state index >= 15 is 0 Å². The summed E-state index contributed by atoms with van der Waals surface area (Å²) in [6, 6.07) is 9.04. The fraction of sp³-hybridized carbons (Fsp3) is 0.588. The van der Waals surface area contributed by atoms with Crippen LogP contribution >= 0.6 is 0 Å². The standard InChI is InChI=1S/C17H22N2O4/c20-17-19(16(12-23-17)14-9-5-2-6-10-14)15(11-18(21)22)13-7-3-1-4-8-13/h2,5-6,9-10,13,15-16H,1,3-4,7-8,11-12H2/t15-,16-/m0/s1. The van der Waals surface area contributed by atoms with Crippen LogP contribution in [-0.4, -0.2) is 35.1 Å². The van der Waals surface area contributed by atoms with Gasteiger partial charge in [0.25, 0.3) is 0 Å². The minimum Gasteiger partial charge on any atom is -0.447 e. The highest BCUT2D eigenvalue weighted by Gasteiger charge is 2.44. The lowest BCUT2D eigenvalue weighted by atomic mass is 9.82. The molecule has 3 rings (SSSR count). The van der Waals surface area contributed by atoms with Gasteiger partial charge in [0, 0.05) is 4.92 Å². The first-order valence-electron chi connectivity index (χ1n) is 8.28. The molecule has 1 amide bonds. The van der Waals surface area contributed by atoms with E-state index in [-0.39, 0.29) is 36.1 Å². The number of amides is 1. The van der Waals surface area contributed by atoms with Crippen LogP contribution in [0.3, 0.4) is 0 Å². The molecule has 0 radical (unpaired) electrons. The normalized spacial score (nSPS) is 23.6. The quantitative estimate of drug-likeness (QED) is 0.616. The van der Waals surface area contributed by atoms with E-state index in [1.165, 1.54) is 6.42 Å². The van der Waals surface area contributed by atoms with E-state index < -0.39 is 6.09 Å². The Hall–Kier alpha value is -2.11. The van der Waals surface area contributed by atoms with Crippen LogP contribution in [0.4, 0.5) is 4.79 Å². The zero-order valence-corrected chi connectivity index (χ0v) is 13.1. The summed E-state index contributed by atoms with van der Waals surface area (Å²) in [6.45, 7) is 0.0624. The summed E-state index contributed by atoms with van der Waals surface area (Å²) < 4.78 is 5.25. The number of hydrogen-bond donors (Lipinski definition) is 0. The van der Waals surface area contributed by atoms with Crippen LogP contribution in [-0.2, 0) is 4.74 Å². The van der Waals surface area contributed by atoms with Crippen molar-refractivity contribution in [2.24, 2.45) is 5.92 Å². The van der Waals surface area contributed by atoms with Crippen LogP contribution in [0.1, 0.15) is 43.7 Å². The fourth-order valence-corrected chi connectivity index (χ4v) is 3.87. The van der Waals surface area contributed by atoms with Gasteiger partial charge in [-0.15, -0.1) is 0 Å². The van der Waals surface area contributed by atoms with Crippen LogP contribution < -0.4 is 0 Å². The van der Waals surface area contributed by atoms with Gasteiger partial charge in [0.1, 0.15) is 12.6 Å². The third kappa shape index (κ3) is 3.46. The number of carbonyl (C=O) groups is 1. The molecule has 2 atom stereocenters. The molecule has 1 aliphatic heterocycles. The average Bonchev–Trinajstić information content (AvgIpc) is 2.95. The van der Waals surface area contributed by atoms with Crippen molar-refractivity contribution < 1.29 is 14.5 Å². The number of nitrogens with zero attached hydrogens (tertiary/aromatic N) is 2. The van der Waals surface area contributed by atoms with Gasteiger partial charge in [-0.2, -0.15) is 0 Å². The molecular weight excluding hydrogens is 296 g/mol. The third-order valence-electron chi connectivity index (χ3n) is 4.98. The molecule has 6 heteroatoms. The van der Waals surface area contributed by atoms with Gasteiger partial charge < -0.3 is 4.74 Å². The predicted octanol–water partition coefficient (Wildman–Crippen LogP) is 3.41. The predicted molar refractivity (Wildman–Crippen MR) is 84.6 cm³/mol. The van der Waals surface area contributed by atoms with E-state index in [4.69, 9.17) is 4.74 Å². The first-order chi connectivity index (χ1) is 11.2. The minimum absolute atomic E-state index is 0.186. The second-order valence-corrected chi connectivity index (χ2v) is 6.39. The molecule has 0 unspecified atom stereocenters. The molecule has 1 saturated heterocycles. The van der Waals surface area contributed by atoms with Crippen molar-refractivity contribution in [1.82, 2.24) is 4.90 Å². The third-order valence-corrected chi connectivity index (χ3v) is 4.98. The maximum Gasteiger partial charge on any atom is 0.410 e. The van der Waals surface area contributed by atoms with Crippen molar-refractivity contribution in [2.45, 2.75) is 44.2 Å². The molecule has 23 heavy (non-hydrogen) atoms. The van der Waals surface area contributed by atoms with E-state index in [9.17, 15) is 14.9 Å². The first kappa shape index (κ1) is 15.8. The molecule has 6 nitrogen and oxygen atoms in total. The van der Waals surface area contributed by atoms with Crippen molar-refractivity contribution in [3.05, 3.63) is 46.0 Å². The SMILES string of the molecule is O=C1OC[C@@H](c2ccccc2)N1[C@@H](C[N+](=O)[O-])C1CCCCC1. The van der Waals surface area contributed by atoms with Crippen molar-refractivity contribution in [3.8, 4) is 0 Å². The molecule has 124 valence electrons. The molecule has 2 fully saturated rings. The Morgan fingerprint density at radius 1 is 1.22 bits per heavy atom. The summed E-state index contributed by atoms with van der Waals surface area (Å²) in [5.41, 5.74) is 0.975. The number of rotatable bonds is 5. The van der Waals surface area contributed by atoms with Crippen LogP contribution in [0.15, 0.2) is 30.3 Å². The summed E-state index contributed by atoms with van der Waals surface area (Å²) >= 11 is 0. The highest BCUT2D eigenvalue weighted by atomic mass is 16.6. The maximum atomic E-state index is 12.3. The zero-order chi connectivity index (χ0) is 16.2. The fourth-order valence-electron chi connectivity index (χ4n) is 3.87. The lowest BCUT2D eigenvalue weighted by Crippen LogP contribution is -2.47. The molecule has 0 spiro atoms. The van der Waals surface area contributed by atoms with Gasteiger partial charge in [-0.25, -0.2) is 4.79 Å². The van der Waals surface area contributed by atoms with Gasteiger partial charge in [-0.05, 0) is 24.3 Å². The number of hydrogen-bond acceptors (Lipinski definition) is 4. The number of carbonyl (C=O) groups excluding carboxylic acids is 1. The second kappa shape index (κ2) is 6.98. The lowest BCUT2D eigenvalue weighted by molar-refractivity contribution is -0.488. The molecule has 2 aliphatic rings. The van der Waals surface area contributed by atoms with Gasteiger partial charge in [-0.1, -0.05) is 49.6 Å². The molecule has 1 saturated carbocycles. The smallest absolute Gasteiger partial charge is 0.410 e. The van der Waals surface area contributed by atoms with Crippen molar-refractivity contribution in [1.29, 1.82) is 0 Å². The highest BCUT2D eigenvalue weighted by molar-refractivity contribution is 5.71. The van der Waals surface area contributed by atoms with Crippen molar-refractivity contribution in [2.75, 3.05) is 13.2 Å². The molecule has 0 aromatic heterocycles. The van der Waals surface area contributed by atoms with Gasteiger partial charge in [0.15, 0.2) is 0 Å². The largest absolute Gasteiger partial charge is 0.447 e. The van der Waals surface area contributed by atoms with Crippen LogP contribution in [0.25, 0.3) is 0 Å². The lowest BCUT2D eigenvalue weighted by Gasteiger charge is -2.35. The van der Waals surface area contributed by atoms with E-state index in [1.54, 1.807) is 4.90 Å². The van der Waals surface area contributed by atoms with Gasteiger partial charge in [0.05, 0.1) is 6.04 Å². The van der Waals surface area contributed by atoms with Crippen molar-refractivity contribution in [3.63, 3.8) is 0 Å². The molecule has 0 bridgehead atoms. The minimum atomic E-state index is -0.420. The Morgan fingerprint density at radius 3 is 2.57 bits per heavy atom. The number of ether oxygens (including phenoxy) is 1. The summed E-state index contributed by atoms with van der Waals surface area (Å²) in [5, 5.41) is 11.2. The monoisotopic (exact) mass is 318 g/mol. The number of benzene rings is 1. The van der Waals surface area contributed by atoms with Crippen molar-refractivity contribution >= 4 is 6.09 Å². The average molecular weight is 318 g/mol. The Morgan fingerprint density at radius 2 is 1.91 bits per heavy atom. The van der Waals surface area contributed by atoms with Gasteiger partial charge >= 0.3 is 6.09 Å². The molecule has 1 aromatic carbocycles. The van der Waals surface area contributed by atoms with Gasteiger partial charge in [0.2, 0.25) is 6.54 Å². The Balaban J connectivity index is 1.88. The summed E-state index contributed by atoms with van der Waals surface area (Å²) in [6.07, 6.45) is 4.81. The zero-order valence-electron chi connectivity index (χ0n) is 13.1. The Labute approximate surface area is 135 Å². The Bertz CT molecular complexity index is 557. The van der Waals surface area contributed by atoms with Crippen LogP contribution in [0.5, 0.6) is 0 Å². The van der Waals surface area contributed by atoms with E-state index in [1.807, 2.05) is 30.3 Å². The molecular formula is C17H22N2O4. The van der Waals surface area contributed by atoms with Gasteiger partial charge in [-0.3, -0.25) is 15.0 Å². The van der Waals surface area contributed by atoms with Crippen LogP contribution in [0.2, 0.25) is 0 Å². The molecule has 0 N–H and O–H groups in total. The molecule has 1 aliphatic carbocycles. The number of cyclic esters (lactones) is 1. The van der Waals surface area contributed by atoms with E-state index in [0.717, 1.165) is 31.2 Å². The Kier molecular flexibility index (Phi) is 4.79.